The Labute approximate surface area is 136 Å². The number of primary amides is 1. The molecule has 2 amide bonds. The van der Waals surface area contributed by atoms with Crippen LogP contribution in [0, 0.1) is 0 Å². The van der Waals surface area contributed by atoms with E-state index in [0.29, 0.717) is 29.7 Å². The Morgan fingerprint density at radius 1 is 1.46 bits per heavy atom. The molecule has 2 aromatic heterocycles. The van der Waals surface area contributed by atoms with Crippen LogP contribution in [0.2, 0.25) is 0 Å². The molecule has 0 spiro atoms. The number of anilines is 2. The summed E-state index contributed by atoms with van der Waals surface area (Å²) in [5, 5.41) is 18.4. The molecule has 3 rings (SSSR count). The van der Waals surface area contributed by atoms with Crippen molar-refractivity contribution in [1.82, 2.24) is 9.61 Å². The number of aliphatic hydroxyl groups excluding tert-OH is 1. The predicted octanol–water partition coefficient (Wildman–Crippen LogP) is 0.666. The standard InChI is InChI=1S/C15H18FN5O3/c16-10-2-1-3-11(10)20-14-9(15(17)24)5-18-21-6-8(4-12(14)21)19-13(23)7-22/h4-6,10-11,20,22H,1-3,7H2,(H2,17,24)(H,19,23)/t10-,11+/m0/s1. The summed E-state index contributed by atoms with van der Waals surface area (Å²) in [6.07, 6.45) is 3.73. The molecule has 128 valence electrons. The number of carbonyl (C=O) groups is 2. The van der Waals surface area contributed by atoms with Gasteiger partial charge in [-0.1, -0.05) is 0 Å². The van der Waals surface area contributed by atoms with Crippen molar-refractivity contribution in [1.29, 1.82) is 0 Å². The number of hydrogen-bond acceptors (Lipinski definition) is 5. The maximum Gasteiger partial charge on any atom is 0.252 e. The van der Waals surface area contributed by atoms with Gasteiger partial charge in [-0.2, -0.15) is 5.10 Å². The van der Waals surface area contributed by atoms with Gasteiger partial charge in [0.15, 0.2) is 0 Å². The normalized spacial score (nSPS) is 20.2. The molecule has 1 aliphatic carbocycles. The number of nitrogens with two attached hydrogens (primary N) is 1. The minimum atomic E-state index is -0.998. The van der Waals surface area contributed by atoms with Crippen LogP contribution in [0.1, 0.15) is 29.6 Å². The fraction of sp³-hybridized carbons (Fsp3) is 0.400. The van der Waals surface area contributed by atoms with E-state index in [0.717, 1.165) is 6.42 Å². The number of hydrogen-bond donors (Lipinski definition) is 4. The smallest absolute Gasteiger partial charge is 0.252 e. The third kappa shape index (κ3) is 3.02. The Balaban J connectivity index is 2.03. The second-order valence-electron chi connectivity index (χ2n) is 5.76. The van der Waals surface area contributed by atoms with E-state index >= 15 is 0 Å². The number of alkyl halides is 1. The van der Waals surface area contributed by atoms with Crippen molar-refractivity contribution >= 4 is 28.7 Å². The lowest BCUT2D eigenvalue weighted by Crippen LogP contribution is -2.27. The second kappa shape index (κ2) is 6.44. The van der Waals surface area contributed by atoms with Crippen LogP contribution in [-0.4, -0.2) is 45.4 Å². The Kier molecular flexibility index (Phi) is 4.34. The number of amides is 2. The largest absolute Gasteiger partial charge is 0.387 e. The highest BCUT2D eigenvalue weighted by atomic mass is 19.1. The fourth-order valence-electron chi connectivity index (χ4n) is 2.93. The Hall–Kier alpha value is -2.68. The molecule has 24 heavy (non-hydrogen) atoms. The molecule has 2 heterocycles. The van der Waals surface area contributed by atoms with E-state index < -0.39 is 30.6 Å². The average molecular weight is 335 g/mol. The lowest BCUT2D eigenvalue weighted by Gasteiger charge is -2.19. The lowest BCUT2D eigenvalue weighted by molar-refractivity contribution is -0.118. The van der Waals surface area contributed by atoms with E-state index in [9.17, 15) is 14.0 Å². The van der Waals surface area contributed by atoms with Crippen LogP contribution in [0.15, 0.2) is 18.5 Å². The highest BCUT2D eigenvalue weighted by Gasteiger charge is 2.28. The lowest BCUT2D eigenvalue weighted by atomic mass is 10.1. The maximum atomic E-state index is 13.9. The quantitative estimate of drug-likeness (QED) is 0.640. The Morgan fingerprint density at radius 3 is 2.88 bits per heavy atom. The van der Waals surface area contributed by atoms with Gasteiger partial charge in [-0.15, -0.1) is 0 Å². The SMILES string of the molecule is NC(=O)c1cnn2cc(NC(=O)CO)cc2c1N[C@@H]1CCC[C@@H]1F. The zero-order valence-electron chi connectivity index (χ0n) is 12.8. The number of aromatic nitrogens is 2. The van der Waals surface area contributed by atoms with Crippen LogP contribution in [0.3, 0.4) is 0 Å². The van der Waals surface area contributed by atoms with Gasteiger partial charge in [-0.3, -0.25) is 9.59 Å². The summed E-state index contributed by atoms with van der Waals surface area (Å²) in [7, 11) is 0. The summed E-state index contributed by atoms with van der Waals surface area (Å²) in [6.45, 7) is -0.650. The first kappa shape index (κ1) is 16.2. The summed E-state index contributed by atoms with van der Waals surface area (Å²) in [5.41, 5.74) is 6.82. The molecule has 8 nitrogen and oxygen atoms in total. The molecule has 0 saturated heterocycles. The molecular formula is C15H18FN5O3. The van der Waals surface area contributed by atoms with E-state index in [1.807, 2.05) is 0 Å². The van der Waals surface area contributed by atoms with Gasteiger partial charge in [0.05, 0.1) is 40.9 Å². The molecule has 0 aliphatic heterocycles. The molecule has 1 fully saturated rings. The molecule has 0 radical (unpaired) electrons. The molecule has 0 unspecified atom stereocenters. The molecule has 5 N–H and O–H groups in total. The molecule has 2 aromatic rings. The summed E-state index contributed by atoms with van der Waals surface area (Å²) in [6, 6.07) is 1.18. The van der Waals surface area contributed by atoms with Gasteiger partial charge in [0.2, 0.25) is 5.91 Å². The van der Waals surface area contributed by atoms with Gasteiger partial charge in [0, 0.05) is 0 Å². The van der Waals surface area contributed by atoms with Crippen LogP contribution in [0.25, 0.3) is 5.52 Å². The molecule has 2 atom stereocenters. The topological polar surface area (TPSA) is 122 Å². The molecule has 1 aliphatic rings. The van der Waals surface area contributed by atoms with Crippen molar-refractivity contribution in [2.45, 2.75) is 31.5 Å². The summed E-state index contributed by atoms with van der Waals surface area (Å²) in [5.74, 6) is -1.25. The number of nitrogens with zero attached hydrogens (tertiary/aromatic N) is 2. The van der Waals surface area contributed by atoms with Crippen molar-refractivity contribution in [3.05, 3.63) is 24.0 Å². The van der Waals surface area contributed by atoms with E-state index in [1.54, 1.807) is 6.07 Å². The maximum absolute atomic E-state index is 13.9. The number of halogens is 1. The minimum absolute atomic E-state index is 0.153. The van der Waals surface area contributed by atoms with Gasteiger partial charge in [0.1, 0.15) is 12.8 Å². The fourth-order valence-corrected chi connectivity index (χ4v) is 2.93. The summed E-state index contributed by atoms with van der Waals surface area (Å²) >= 11 is 0. The van der Waals surface area contributed by atoms with Gasteiger partial charge in [-0.25, -0.2) is 8.91 Å². The van der Waals surface area contributed by atoms with Crippen molar-refractivity contribution in [2.24, 2.45) is 5.73 Å². The molecule has 1 saturated carbocycles. The van der Waals surface area contributed by atoms with Crippen LogP contribution in [0.5, 0.6) is 0 Å². The monoisotopic (exact) mass is 335 g/mol. The Morgan fingerprint density at radius 2 is 2.25 bits per heavy atom. The van der Waals surface area contributed by atoms with Gasteiger partial charge < -0.3 is 21.5 Å². The van der Waals surface area contributed by atoms with E-state index in [4.69, 9.17) is 10.8 Å². The highest BCUT2D eigenvalue weighted by molar-refractivity contribution is 6.02. The first-order valence-corrected chi connectivity index (χ1v) is 7.62. The number of fused-ring (bicyclic) bond motifs is 1. The third-order valence-electron chi connectivity index (χ3n) is 4.09. The molecule has 9 heteroatoms. The summed E-state index contributed by atoms with van der Waals surface area (Å²) < 4.78 is 15.4. The molecular weight excluding hydrogens is 317 g/mol. The number of rotatable bonds is 5. The van der Waals surface area contributed by atoms with Crippen molar-refractivity contribution in [3.8, 4) is 0 Å². The average Bonchev–Trinajstić information content (AvgIpc) is 3.13. The van der Waals surface area contributed by atoms with Crippen molar-refractivity contribution in [2.75, 3.05) is 17.2 Å². The summed E-state index contributed by atoms with van der Waals surface area (Å²) in [4.78, 5) is 23.0. The second-order valence-corrected chi connectivity index (χ2v) is 5.76. The first-order chi connectivity index (χ1) is 11.5. The molecule has 0 aromatic carbocycles. The molecule has 0 bridgehead atoms. The number of aliphatic hydroxyl groups is 1. The van der Waals surface area contributed by atoms with Crippen molar-refractivity contribution < 1.29 is 19.1 Å². The zero-order valence-corrected chi connectivity index (χ0v) is 12.8. The first-order valence-electron chi connectivity index (χ1n) is 7.62. The van der Waals surface area contributed by atoms with Gasteiger partial charge >= 0.3 is 0 Å². The van der Waals surface area contributed by atoms with E-state index in [2.05, 4.69) is 15.7 Å². The van der Waals surface area contributed by atoms with Crippen LogP contribution in [-0.2, 0) is 4.79 Å². The zero-order chi connectivity index (χ0) is 17.3. The predicted molar refractivity (Wildman–Crippen MR) is 85.6 cm³/mol. The van der Waals surface area contributed by atoms with Crippen LogP contribution >= 0.6 is 0 Å². The third-order valence-corrected chi connectivity index (χ3v) is 4.09. The minimum Gasteiger partial charge on any atom is -0.387 e. The van der Waals surface area contributed by atoms with Gasteiger partial charge in [0.25, 0.3) is 5.91 Å². The highest BCUT2D eigenvalue weighted by Crippen LogP contribution is 2.30. The van der Waals surface area contributed by atoms with E-state index in [-0.39, 0.29) is 5.56 Å². The Bertz CT molecular complexity index is 791. The van der Waals surface area contributed by atoms with Crippen molar-refractivity contribution in [3.63, 3.8) is 0 Å². The number of nitrogens with one attached hydrogen (secondary N) is 2. The van der Waals surface area contributed by atoms with Gasteiger partial charge in [-0.05, 0) is 25.3 Å². The number of carbonyl (C=O) groups excluding carboxylic acids is 2. The van der Waals surface area contributed by atoms with Crippen LogP contribution in [0.4, 0.5) is 15.8 Å². The van der Waals surface area contributed by atoms with Crippen LogP contribution < -0.4 is 16.4 Å². The van der Waals surface area contributed by atoms with E-state index in [1.165, 1.54) is 16.9 Å².